The van der Waals surface area contributed by atoms with Gasteiger partial charge in [0.05, 0.1) is 19.8 Å². The molecular weight excluding hydrogens is 370 g/mol. The highest BCUT2D eigenvalue weighted by atomic mass is 16.5. The van der Waals surface area contributed by atoms with Crippen molar-refractivity contribution < 1.29 is 14.3 Å². The molecule has 2 heterocycles. The van der Waals surface area contributed by atoms with Gasteiger partial charge < -0.3 is 24.6 Å². The monoisotopic (exact) mass is 405 g/mol. The minimum absolute atomic E-state index is 0.0992. The van der Waals surface area contributed by atoms with Crippen LogP contribution in [0.5, 0.6) is 0 Å². The molecule has 1 aromatic heterocycles. The van der Waals surface area contributed by atoms with Gasteiger partial charge in [-0.05, 0) is 40.0 Å². The minimum atomic E-state index is 0.0992. The van der Waals surface area contributed by atoms with Gasteiger partial charge in [0.25, 0.3) is 0 Å². The number of carbonyl (C=O) groups excluding carboxylic acids is 1. The minimum Gasteiger partial charge on any atom is -0.383 e. The topological polar surface area (TPSA) is 79.8 Å². The molecule has 162 valence electrons. The highest BCUT2D eigenvalue weighted by Crippen LogP contribution is 2.32. The van der Waals surface area contributed by atoms with E-state index in [0.717, 1.165) is 68.5 Å². The molecule has 2 fully saturated rings. The maximum absolute atomic E-state index is 12.8. The Hall–Kier alpha value is -1.93. The average molecular weight is 406 g/mol. The summed E-state index contributed by atoms with van der Waals surface area (Å²) in [6.07, 6.45) is 2.77. The first-order chi connectivity index (χ1) is 14.0. The molecule has 2 aliphatic rings. The number of aromatic nitrogens is 2. The number of nitrogens with zero attached hydrogens (tertiary/aromatic N) is 4. The van der Waals surface area contributed by atoms with E-state index >= 15 is 0 Å². The van der Waals surface area contributed by atoms with Crippen molar-refractivity contribution in [2.75, 3.05) is 63.3 Å². The summed E-state index contributed by atoms with van der Waals surface area (Å²) in [5.74, 6) is 2.97. The molecule has 0 bridgehead atoms. The van der Waals surface area contributed by atoms with Crippen LogP contribution in [0.25, 0.3) is 0 Å². The van der Waals surface area contributed by atoms with E-state index in [2.05, 4.69) is 34.0 Å². The fraction of sp³-hybridized carbons (Fsp3) is 0.762. The zero-order valence-electron chi connectivity index (χ0n) is 18.2. The van der Waals surface area contributed by atoms with Crippen LogP contribution in [0.1, 0.15) is 37.6 Å². The molecule has 1 aliphatic heterocycles. The molecule has 1 saturated heterocycles. The number of ether oxygens (including phenoxy) is 2. The number of likely N-dealkylation sites (N-methyl/N-ethyl adjacent to an activating group) is 1. The highest BCUT2D eigenvalue weighted by molar-refractivity contribution is 5.79. The summed E-state index contributed by atoms with van der Waals surface area (Å²) in [4.78, 5) is 26.3. The standard InChI is InChI=1S/C21H35N5O3/c1-5-25(8-11-28-4)20-15(2)19(22-16(3)23-20)24-18-7-6-17(14-18)21(27)26-9-12-29-13-10-26/h17-18H,5-14H2,1-4H3,(H,22,23,24). The third-order valence-corrected chi connectivity index (χ3v) is 5.92. The zero-order valence-corrected chi connectivity index (χ0v) is 18.2. The van der Waals surface area contributed by atoms with Gasteiger partial charge in [-0.2, -0.15) is 0 Å². The summed E-state index contributed by atoms with van der Waals surface area (Å²) < 4.78 is 10.6. The molecule has 2 unspecified atom stereocenters. The molecule has 1 aromatic rings. The van der Waals surface area contributed by atoms with Gasteiger partial charge in [0, 0.05) is 50.8 Å². The molecule has 1 N–H and O–H groups in total. The summed E-state index contributed by atoms with van der Waals surface area (Å²) in [7, 11) is 1.72. The van der Waals surface area contributed by atoms with Gasteiger partial charge >= 0.3 is 0 Å². The van der Waals surface area contributed by atoms with E-state index in [1.807, 2.05) is 11.8 Å². The van der Waals surface area contributed by atoms with Crippen LogP contribution < -0.4 is 10.2 Å². The molecule has 0 spiro atoms. The molecule has 3 rings (SSSR count). The molecule has 8 heteroatoms. The normalized spacial score (nSPS) is 22.0. The Morgan fingerprint density at radius 1 is 1.28 bits per heavy atom. The van der Waals surface area contributed by atoms with Crippen molar-refractivity contribution in [1.82, 2.24) is 14.9 Å². The summed E-state index contributed by atoms with van der Waals surface area (Å²) in [6.45, 7) is 11.2. The fourth-order valence-corrected chi connectivity index (χ4v) is 4.25. The lowest BCUT2D eigenvalue weighted by Crippen LogP contribution is -2.43. The van der Waals surface area contributed by atoms with Crippen molar-refractivity contribution in [3.63, 3.8) is 0 Å². The highest BCUT2D eigenvalue weighted by Gasteiger charge is 2.33. The van der Waals surface area contributed by atoms with Gasteiger partial charge in [-0.1, -0.05) is 0 Å². The second-order valence-corrected chi connectivity index (χ2v) is 7.93. The predicted octanol–water partition coefficient (Wildman–Crippen LogP) is 2.01. The van der Waals surface area contributed by atoms with Gasteiger partial charge in [0.2, 0.25) is 5.91 Å². The Morgan fingerprint density at radius 3 is 2.72 bits per heavy atom. The molecule has 0 aromatic carbocycles. The van der Waals surface area contributed by atoms with Gasteiger partial charge in [0.15, 0.2) is 0 Å². The van der Waals surface area contributed by atoms with Crippen molar-refractivity contribution in [2.24, 2.45) is 5.92 Å². The maximum atomic E-state index is 12.8. The van der Waals surface area contributed by atoms with E-state index in [4.69, 9.17) is 9.47 Å². The first-order valence-electron chi connectivity index (χ1n) is 10.8. The molecule has 1 amide bonds. The Morgan fingerprint density at radius 2 is 2.03 bits per heavy atom. The molecule has 2 atom stereocenters. The predicted molar refractivity (Wildman–Crippen MR) is 113 cm³/mol. The third-order valence-electron chi connectivity index (χ3n) is 5.92. The smallest absolute Gasteiger partial charge is 0.225 e. The van der Waals surface area contributed by atoms with Crippen molar-refractivity contribution >= 4 is 17.5 Å². The average Bonchev–Trinajstić information content (AvgIpc) is 3.20. The Bertz CT molecular complexity index is 693. The number of aryl methyl sites for hydroxylation is 1. The lowest BCUT2D eigenvalue weighted by molar-refractivity contribution is -0.139. The van der Waals surface area contributed by atoms with E-state index in [1.54, 1.807) is 7.11 Å². The van der Waals surface area contributed by atoms with Crippen LogP contribution in [-0.2, 0) is 14.3 Å². The molecule has 1 saturated carbocycles. The summed E-state index contributed by atoms with van der Waals surface area (Å²) in [6, 6.07) is 0.264. The Labute approximate surface area is 174 Å². The van der Waals surface area contributed by atoms with Gasteiger partial charge in [-0.3, -0.25) is 4.79 Å². The van der Waals surface area contributed by atoms with Crippen molar-refractivity contribution in [3.05, 3.63) is 11.4 Å². The first-order valence-corrected chi connectivity index (χ1v) is 10.8. The number of carbonyl (C=O) groups is 1. The zero-order chi connectivity index (χ0) is 20.8. The van der Waals surface area contributed by atoms with E-state index < -0.39 is 0 Å². The summed E-state index contributed by atoms with van der Waals surface area (Å²) >= 11 is 0. The van der Waals surface area contributed by atoms with Crippen LogP contribution in [0.4, 0.5) is 11.6 Å². The van der Waals surface area contributed by atoms with E-state index in [-0.39, 0.29) is 17.9 Å². The SMILES string of the molecule is CCN(CCOC)c1nc(C)nc(NC2CCC(C(=O)N3CCOCC3)C2)c1C. The second-order valence-electron chi connectivity index (χ2n) is 7.93. The van der Waals surface area contributed by atoms with Crippen LogP contribution in [0.3, 0.4) is 0 Å². The van der Waals surface area contributed by atoms with Crippen LogP contribution in [0.15, 0.2) is 0 Å². The number of methoxy groups -OCH3 is 1. The lowest BCUT2D eigenvalue weighted by atomic mass is 10.1. The number of hydrogen-bond donors (Lipinski definition) is 1. The largest absolute Gasteiger partial charge is 0.383 e. The van der Waals surface area contributed by atoms with E-state index in [9.17, 15) is 4.79 Å². The molecule has 0 radical (unpaired) electrons. The molecule has 8 nitrogen and oxygen atoms in total. The third kappa shape index (κ3) is 5.36. The van der Waals surface area contributed by atoms with Crippen LogP contribution in [-0.4, -0.2) is 79.9 Å². The number of nitrogens with one attached hydrogen (secondary N) is 1. The van der Waals surface area contributed by atoms with Gasteiger partial charge in [0.1, 0.15) is 17.5 Å². The van der Waals surface area contributed by atoms with E-state index in [1.165, 1.54) is 0 Å². The van der Waals surface area contributed by atoms with Crippen LogP contribution in [0.2, 0.25) is 0 Å². The number of anilines is 2. The van der Waals surface area contributed by atoms with Crippen molar-refractivity contribution in [3.8, 4) is 0 Å². The number of morpholine rings is 1. The Kier molecular flexibility index (Phi) is 7.66. The second kappa shape index (κ2) is 10.2. The molecule has 29 heavy (non-hydrogen) atoms. The summed E-state index contributed by atoms with van der Waals surface area (Å²) in [5.41, 5.74) is 1.05. The van der Waals surface area contributed by atoms with Gasteiger partial charge in [-0.25, -0.2) is 9.97 Å². The lowest BCUT2D eigenvalue weighted by Gasteiger charge is -2.29. The number of hydrogen-bond acceptors (Lipinski definition) is 7. The van der Waals surface area contributed by atoms with Crippen LogP contribution in [0, 0.1) is 19.8 Å². The van der Waals surface area contributed by atoms with Crippen molar-refractivity contribution in [1.29, 1.82) is 0 Å². The molecule has 1 aliphatic carbocycles. The number of amides is 1. The van der Waals surface area contributed by atoms with Gasteiger partial charge in [-0.15, -0.1) is 0 Å². The van der Waals surface area contributed by atoms with E-state index in [0.29, 0.717) is 19.8 Å². The maximum Gasteiger partial charge on any atom is 0.225 e. The number of rotatable bonds is 8. The Balaban J connectivity index is 1.66. The quantitative estimate of drug-likeness (QED) is 0.709. The first kappa shape index (κ1) is 21.8. The van der Waals surface area contributed by atoms with Crippen molar-refractivity contribution in [2.45, 2.75) is 46.1 Å². The molecular formula is C21H35N5O3. The van der Waals surface area contributed by atoms with Crippen LogP contribution >= 0.6 is 0 Å². The fourth-order valence-electron chi connectivity index (χ4n) is 4.25. The summed E-state index contributed by atoms with van der Waals surface area (Å²) in [5, 5.41) is 3.61.